The molecular weight excluding hydrogens is 340 g/mol. The maximum absolute atomic E-state index is 12.0. The summed E-state index contributed by atoms with van der Waals surface area (Å²) in [7, 11) is 0. The van der Waals surface area contributed by atoms with Gasteiger partial charge in [0.25, 0.3) is 5.56 Å². The molecule has 7 heteroatoms. The van der Waals surface area contributed by atoms with Crippen molar-refractivity contribution >= 4 is 28.6 Å². The Labute approximate surface area is 146 Å². The van der Waals surface area contributed by atoms with E-state index in [4.69, 9.17) is 0 Å². The lowest BCUT2D eigenvalue weighted by atomic mass is 10.2. The molecule has 0 aliphatic rings. The van der Waals surface area contributed by atoms with Gasteiger partial charge < -0.3 is 0 Å². The Hall–Kier alpha value is -2.38. The van der Waals surface area contributed by atoms with Gasteiger partial charge in [-0.25, -0.2) is 9.61 Å². The summed E-state index contributed by atoms with van der Waals surface area (Å²) in [6, 6.07) is 14.1. The molecule has 1 aromatic carbocycles. The van der Waals surface area contributed by atoms with Crippen molar-refractivity contribution in [1.29, 1.82) is 0 Å². The van der Waals surface area contributed by atoms with E-state index in [9.17, 15) is 4.79 Å². The molecule has 4 rings (SSSR count). The second-order valence-electron chi connectivity index (χ2n) is 5.42. The number of thioether (sulfide) groups is 1. The van der Waals surface area contributed by atoms with E-state index in [1.54, 1.807) is 27.6 Å². The Morgan fingerprint density at radius 3 is 2.96 bits per heavy atom. The topological polar surface area (TPSA) is 63.0 Å². The van der Waals surface area contributed by atoms with Gasteiger partial charge >= 0.3 is 0 Å². The van der Waals surface area contributed by atoms with Crippen LogP contribution < -0.4 is 5.56 Å². The molecule has 0 bridgehead atoms. The molecule has 3 heterocycles. The van der Waals surface area contributed by atoms with Crippen LogP contribution in [0.3, 0.4) is 0 Å². The second kappa shape index (κ2) is 6.26. The summed E-state index contributed by atoms with van der Waals surface area (Å²) >= 11 is 3.15. The molecule has 4 aromatic rings. The SMILES string of the molecule is Cc1cccc(CSc2n[nH]c(=O)c3cc(-c4cccs4)nn23)c1. The van der Waals surface area contributed by atoms with Gasteiger partial charge in [-0.1, -0.05) is 47.7 Å². The largest absolute Gasteiger partial charge is 0.290 e. The van der Waals surface area contributed by atoms with E-state index in [2.05, 4.69) is 40.4 Å². The minimum absolute atomic E-state index is 0.231. The summed E-state index contributed by atoms with van der Waals surface area (Å²) in [5.41, 5.74) is 3.52. The molecule has 0 aliphatic carbocycles. The van der Waals surface area contributed by atoms with Crippen LogP contribution in [0.4, 0.5) is 0 Å². The van der Waals surface area contributed by atoms with Crippen LogP contribution in [0.15, 0.2) is 57.8 Å². The van der Waals surface area contributed by atoms with Gasteiger partial charge in [-0.2, -0.15) is 5.10 Å². The van der Waals surface area contributed by atoms with Crippen LogP contribution in [0.1, 0.15) is 11.1 Å². The number of H-pyrrole nitrogens is 1. The molecule has 0 saturated heterocycles. The number of fused-ring (bicyclic) bond motifs is 1. The van der Waals surface area contributed by atoms with E-state index < -0.39 is 0 Å². The summed E-state index contributed by atoms with van der Waals surface area (Å²) < 4.78 is 1.63. The molecule has 0 saturated carbocycles. The predicted molar refractivity (Wildman–Crippen MR) is 97.7 cm³/mol. The fraction of sp³-hybridized carbons (Fsp3) is 0.118. The van der Waals surface area contributed by atoms with Crippen molar-refractivity contribution in [2.45, 2.75) is 17.8 Å². The third-order valence-corrected chi connectivity index (χ3v) is 5.49. The van der Waals surface area contributed by atoms with Gasteiger partial charge in [0.2, 0.25) is 5.16 Å². The predicted octanol–water partition coefficient (Wildman–Crippen LogP) is 3.75. The third-order valence-electron chi connectivity index (χ3n) is 3.60. The zero-order chi connectivity index (χ0) is 16.5. The van der Waals surface area contributed by atoms with Crippen LogP contribution in [0, 0.1) is 6.92 Å². The average molecular weight is 354 g/mol. The van der Waals surface area contributed by atoms with E-state index in [1.165, 1.54) is 11.1 Å². The molecule has 3 aromatic heterocycles. The molecule has 24 heavy (non-hydrogen) atoms. The normalized spacial score (nSPS) is 11.2. The molecule has 0 spiro atoms. The van der Waals surface area contributed by atoms with Crippen molar-refractivity contribution in [1.82, 2.24) is 19.8 Å². The van der Waals surface area contributed by atoms with E-state index in [-0.39, 0.29) is 5.56 Å². The standard InChI is InChI=1S/C17H14N4OS2/c1-11-4-2-5-12(8-11)10-24-17-19-18-16(22)14-9-13(20-21(14)17)15-6-3-7-23-15/h2-9H,10H2,1H3,(H,18,22). The highest BCUT2D eigenvalue weighted by Gasteiger charge is 2.13. The molecule has 0 unspecified atom stereocenters. The van der Waals surface area contributed by atoms with Crippen LogP contribution in [0.5, 0.6) is 0 Å². The summed E-state index contributed by atoms with van der Waals surface area (Å²) in [6.45, 7) is 2.07. The van der Waals surface area contributed by atoms with E-state index in [1.807, 2.05) is 29.6 Å². The Kier molecular flexibility index (Phi) is 3.95. The van der Waals surface area contributed by atoms with Gasteiger partial charge in [0.1, 0.15) is 11.2 Å². The molecule has 0 amide bonds. The summed E-state index contributed by atoms with van der Waals surface area (Å²) in [6.07, 6.45) is 0. The number of aromatic nitrogens is 4. The molecule has 120 valence electrons. The smallest absolute Gasteiger partial charge is 0.266 e. The first-order chi connectivity index (χ1) is 11.7. The van der Waals surface area contributed by atoms with Crippen molar-refractivity contribution in [3.05, 3.63) is 69.3 Å². The van der Waals surface area contributed by atoms with Gasteiger partial charge in [0.15, 0.2) is 0 Å². The van der Waals surface area contributed by atoms with Crippen molar-refractivity contribution in [2.24, 2.45) is 0 Å². The van der Waals surface area contributed by atoms with Crippen molar-refractivity contribution < 1.29 is 0 Å². The van der Waals surface area contributed by atoms with Gasteiger partial charge in [-0.3, -0.25) is 4.79 Å². The van der Waals surface area contributed by atoms with Gasteiger partial charge in [0, 0.05) is 5.75 Å². The van der Waals surface area contributed by atoms with Crippen molar-refractivity contribution in [3.8, 4) is 10.6 Å². The van der Waals surface area contributed by atoms with Crippen LogP contribution in [0.25, 0.3) is 16.1 Å². The lowest BCUT2D eigenvalue weighted by Crippen LogP contribution is -2.13. The highest BCUT2D eigenvalue weighted by atomic mass is 32.2. The van der Waals surface area contributed by atoms with Crippen LogP contribution in [-0.2, 0) is 5.75 Å². The lowest BCUT2D eigenvalue weighted by Gasteiger charge is -2.04. The Balaban J connectivity index is 1.70. The molecular formula is C17H14N4OS2. The fourth-order valence-corrected chi connectivity index (χ4v) is 4.01. The van der Waals surface area contributed by atoms with Crippen molar-refractivity contribution in [3.63, 3.8) is 0 Å². The molecule has 0 atom stereocenters. The number of nitrogens with zero attached hydrogens (tertiary/aromatic N) is 3. The van der Waals surface area contributed by atoms with Gasteiger partial charge in [0.05, 0.1) is 4.88 Å². The maximum atomic E-state index is 12.0. The number of benzene rings is 1. The average Bonchev–Trinajstić information content (AvgIpc) is 3.24. The Morgan fingerprint density at radius 2 is 2.17 bits per heavy atom. The number of aromatic amines is 1. The second-order valence-corrected chi connectivity index (χ2v) is 7.31. The third kappa shape index (κ3) is 2.88. The van der Waals surface area contributed by atoms with E-state index in [0.717, 1.165) is 16.3 Å². The van der Waals surface area contributed by atoms with Gasteiger partial charge in [-0.05, 0) is 30.0 Å². The Morgan fingerprint density at radius 1 is 1.25 bits per heavy atom. The Bertz CT molecular complexity index is 1050. The van der Waals surface area contributed by atoms with E-state index >= 15 is 0 Å². The zero-order valence-electron chi connectivity index (χ0n) is 12.9. The quantitative estimate of drug-likeness (QED) is 0.567. The molecule has 0 aliphatic heterocycles. The molecule has 0 radical (unpaired) electrons. The summed E-state index contributed by atoms with van der Waals surface area (Å²) in [4.78, 5) is 13.1. The maximum Gasteiger partial charge on any atom is 0.290 e. The monoisotopic (exact) mass is 354 g/mol. The number of hydrogen-bond acceptors (Lipinski definition) is 5. The van der Waals surface area contributed by atoms with Crippen LogP contribution in [0.2, 0.25) is 0 Å². The first-order valence-corrected chi connectivity index (χ1v) is 9.28. The number of nitrogens with one attached hydrogen (secondary N) is 1. The van der Waals surface area contributed by atoms with Crippen molar-refractivity contribution in [2.75, 3.05) is 0 Å². The minimum atomic E-state index is -0.231. The van der Waals surface area contributed by atoms with E-state index in [0.29, 0.717) is 10.7 Å². The summed E-state index contributed by atoms with van der Waals surface area (Å²) in [5.74, 6) is 0.768. The molecule has 0 fully saturated rings. The highest BCUT2D eigenvalue weighted by molar-refractivity contribution is 7.98. The minimum Gasteiger partial charge on any atom is -0.266 e. The number of hydrogen-bond donors (Lipinski definition) is 1. The molecule has 1 N–H and O–H groups in total. The number of aryl methyl sites for hydroxylation is 1. The van der Waals surface area contributed by atoms with Gasteiger partial charge in [-0.15, -0.1) is 16.4 Å². The lowest BCUT2D eigenvalue weighted by molar-refractivity contribution is 0.728. The number of thiophene rings is 1. The highest BCUT2D eigenvalue weighted by Crippen LogP contribution is 2.26. The van der Waals surface area contributed by atoms with Crippen LogP contribution in [-0.4, -0.2) is 19.8 Å². The first kappa shape index (κ1) is 15.2. The summed E-state index contributed by atoms with van der Waals surface area (Å²) in [5, 5.41) is 14.0. The zero-order valence-corrected chi connectivity index (χ0v) is 14.5. The van der Waals surface area contributed by atoms with Crippen LogP contribution >= 0.6 is 23.1 Å². The fourth-order valence-electron chi connectivity index (χ4n) is 2.48. The number of rotatable bonds is 4. The first-order valence-electron chi connectivity index (χ1n) is 7.41. The molecule has 5 nitrogen and oxygen atoms in total.